The maximum atomic E-state index is 10.5. The minimum absolute atomic E-state index is 0.187. The Labute approximate surface area is 87.7 Å². The molecule has 0 spiro atoms. The van der Waals surface area contributed by atoms with Gasteiger partial charge in [0.2, 0.25) is 0 Å². The van der Waals surface area contributed by atoms with Crippen molar-refractivity contribution >= 4 is 17.4 Å². The Hall–Kier alpha value is -1.03. The Morgan fingerprint density at radius 2 is 2.29 bits per heavy atom. The molecule has 0 aliphatic heterocycles. The molecule has 0 saturated carbocycles. The Morgan fingerprint density at radius 1 is 1.50 bits per heavy atom. The minimum atomic E-state index is -0.349. The van der Waals surface area contributed by atoms with Crippen molar-refractivity contribution in [1.82, 2.24) is 0 Å². The first kappa shape index (κ1) is 11.0. The summed E-state index contributed by atoms with van der Waals surface area (Å²) in [6, 6.07) is 6.86. The lowest BCUT2D eigenvalue weighted by molar-refractivity contribution is -0.384. The quantitative estimate of drug-likeness (QED) is 0.427. The first-order valence-corrected chi connectivity index (χ1v) is 5.85. The second kappa shape index (κ2) is 5.65. The molecule has 0 amide bonds. The smallest absolute Gasteiger partial charge is 0.258 e. The van der Waals surface area contributed by atoms with E-state index in [-0.39, 0.29) is 10.6 Å². The monoisotopic (exact) mass is 211 g/mol. The predicted molar refractivity (Wildman–Crippen MR) is 59.8 cm³/mol. The largest absolute Gasteiger partial charge is 0.269 e. The van der Waals surface area contributed by atoms with Gasteiger partial charge < -0.3 is 0 Å². The van der Waals surface area contributed by atoms with Gasteiger partial charge in [0.05, 0.1) is 4.92 Å². The number of hydrogen-bond acceptors (Lipinski definition) is 3. The summed E-state index contributed by atoms with van der Waals surface area (Å²) in [5.74, 6) is 1.10. The average molecular weight is 211 g/mol. The molecule has 1 aromatic carbocycles. The van der Waals surface area contributed by atoms with Crippen molar-refractivity contribution in [3.05, 3.63) is 39.9 Å². The summed E-state index contributed by atoms with van der Waals surface area (Å²) in [6.45, 7) is 0. The number of nitro benzene ring substituents is 1. The highest BCUT2D eigenvalue weighted by Crippen LogP contribution is 2.14. The topological polar surface area (TPSA) is 43.1 Å². The van der Waals surface area contributed by atoms with E-state index in [1.807, 2.05) is 6.07 Å². The zero-order valence-electron chi connectivity index (χ0n) is 8.10. The molecule has 3 nitrogen and oxygen atoms in total. The molecular weight excluding hydrogens is 198 g/mol. The summed E-state index contributed by atoms with van der Waals surface area (Å²) in [7, 11) is 0. The Kier molecular flexibility index (Phi) is 4.46. The number of aryl methyl sites for hydroxylation is 1. The van der Waals surface area contributed by atoms with Crippen molar-refractivity contribution in [3.8, 4) is 0 Å². The molecule has 0 saturated heterocycles. The molecule has 14 heavy (non-hydrogen) atoms. The molecule has 0 fully saturated rings. The van der Waals surface area contributed by atoms with E-state index in [2.05, 4.69) is 6.26 Å². The maximum Gasteiger partial charge on any atom is 0.269 e. The van der Waals surface area contributed by atoms with Crippen LogP contribution in [0.2, 0.25) is 0 Å². The third-order valence-corrected chi connectivity index (χ3v) is 2.63. The lowest BCUT2D eigenvalue weighted by Gasteiger charge is -1.99. The average Bonchev–Trinajstić information content (AvgIpc) is 2.19. The van der Waals surface area contributed by atoms with Gasteiger partial charge in [0.1, 0.15) is 0 Å². The van der Waals surface area contributed by atoms with Crippen LogP contribution in [0.5, 0.6) is 0 Å². The molecule has 0 unspecified atom stereocenters. The fourth-order valence-corrected chi connectivity index (χ4v) is 1.68. The van der Waals surface area contributed by atoms with E-state index < -0.39 is 0 Å². The number of rotatable bonds is 5. The van der Waals surface area contributed by atoms with Gasteiger partial charge in [0, 0.05) is 12.1 Å². The molecule has 0 atom stereocenters. The lowest BCUT2D eigenvalue weighted by atomic mass is 10.1. The summed E-state index contributed by atoms with van der Waals surface area (Å²) in [4.78, 5) is 10.1. The van der Waals surface area contributed by atoms with Crippen molar-refractivity contribution in [1.29, 1.82) is 0 Å². The molecule has 4 heteroatoms. The summed E-state index contributed by atoms with van der Waals surface area (Å²) < 4.78 is 0. The van der Waals surface area contributed by atoms with Gasteiger partial charge >= 0.3 is 0 Å². The number of thioether (sulfide) groups is 1. The highest BCUT2D eigenvalue weighted by atomic mass is 32.2. The fraction of sp³-hybridized carbons (Fsp3) is 0.400. The summed E-state index contributed by atoms with van der Waals surface area (Å²) >= 11 is 1.80. The molecule has 1 aromatic rings. The van der Waals surface area contributed by atoms with E-state index in [1.54, 1.807) is 23.9 Å². The molecule has 0 aromatic heterocycles. The van der Waals surface area contributed by atoms with Crippen molar-refractivity contribution in [3.63, 3.8) is 0 Å². The minimum Gasteiger partial charge on any atom is -0.258 e. The third-order valence-electron chi connectivity index (χ3n) is 1.94. The van der Waals surface area contributed by atoms with Crippen LogP contribution in [0.25, 0.3) is 0 Å². The van der Waals surface area contributed by atoms with Crippen molar-refractivity contribution < 1.29 is 4.92 Å². The lowest BCUT2D eigenvalue weighted by Crippen LogP contribution is -1.91. The number of nitrogens with zero attached hydrogens (tertiary/aromatic N) is 1. The van der Waals surface area contributed by atoms with Crippen LogP contribution in [-0.4, -0.2) is 16.9 Å². The highest BCUT2D eigenvalue weighted by molar-refractivity contribution is 7.98. The number of nitro groups is 1. The summed E-state index contributed by atoms with van der Waals surface area (Å²) in [6.07, 6.45) is 4.05. The molecule has 0 heterocycles. The first-order valence-electron chi connectivity index (χ1n) is 4.46. The van der Waals surface area contributed by atoms with Crippen molar-refractivity contribution in [2.24, 2.45) is 0 Å². The molecule has 0 aliphatic carbocycles. The SMILES string of the molecule is CSCCCc1cccc([N+](=O)[O-])c1. The van der Waals surface area contributed by atoms with E-state index in [4.69, 9.17) is 0 Å². The van der Waals surface area contributed by atoms with Crippen LogP contribution in [0.4, 0.5) is 5.69 Å². The second-order valence-corrected chi connectivity index (χ2v) is 4.01. The predicted octanol–water partition coefficient (Wildman–Crippen LogP) is 2.89. The van der Waals surface area contributed by atoms with Crippen LogP contribution in [0.15, 0.2) is 24.3 Å². The summed E-state index contributed by atoms with van der Waals surface area (Å²) in [5, 5.41) is 10.5. The number of hydrogen-bond donors (Lipinski definition) is 0. The zero-order chi connectivity index (χ0) is 10.4. The number of non-ortho nitro benzene ring substituents is 1. The molecule has 0 aliphatic rings. The fourth-order valence-electron chi connectivity index (χ4n) is 1.25. The van der Waals surface area contributed by atoms with Gasteiger partial charge in [-0.1, -0.05) is 12.1 Å². The molecule has 0 bridgehead atoms. The van der Waals surface area contributed by atoms with Gasteiger partial charge in [-0.3, -0.25) is 10.1 Å². The van der Waals surface area contributed by atoms with Gasteiger partial charge in [-0.25, -0.2) is 0 Å². The molecule has 0 radical (unpaired) electrons. The van der Waals surface area contributed by atoms with Gasteiger partial charge in [0.25, 0.3) is 5.69 Å². The molecule has 76 valence electrons. The first-order chi connectivity index (χ1) is 6.74. The van der Waals surface area contributed by atoms with Crippen molar-refractivity contribution in [2.45, 2.75) is 12.8 Å². The third kappa shape index (κ3) is 3.38. The van der Waals surface area contributed by atoms with E-state index in [0.29, 0.717) is 0 Å². The Morgan fingerprint density at radius 3 is 2.93 bits per heavy atom. The van der Waals surface area contributed by atoms with Crippen LogP contribution in [0, 0.1) is 10.1 Å². The van der Waals surface area contributed by atoms with Crippen LogP contribution < -0.4 is 0 Å². The van der Waals surface area contributed by atoms with E-state index in [1.165, 1.54) is 6.07 Å². The van der Waals surface area contributed by atoms with Gasteiger partial charge in [-0.15, -0.1) is 0 Å². The maximum absolute atomic E-state index is 10.5. The molecular formula is C10H13NO2S. The molecule has 0 N–H and O–H groups in total. The van der Waals surface area contributed by atoms with Gasteiger partial charge in [-0.2, -0.15) is 11.8 Å². The van der Waals surface area contributed by atoms with E-state index in [0.717, 1.165) is 24.2 Å². The second-order valence-electron chi connectivity index (χ2n) is 3.02. The van der Waals surface area contributed by atoms with E-state index >= 15 is 0 Å². The zero-order valence-corrected chi connectivity index (χ0v) is 8.92. The normalized spacial score (nSPS) is 10.1. The highest BCUT2D eigenvalue weighted by Gasteiger charge is 2.04. The van der Waals surface area contributed by atoms with Gasteiger partial charge in [-0.05, 0) is 30.4 Å². The van der Waals surface area contributed by atoms with Crippen LogP contribution in [0.1, 0.15) is 12.0 Å². The van der Waals surface area contributed by atoms with E-state index in [9.17, 15) is 10.1 Å². The van der Waals surface area contributed by atoms with Crippen LogP contribution in [-0.2, 0) is 6.42 Å². The summed E-state index contributed by atoms with van der Waals surface area (Å²) in [5.41, 5.74) is 1.24. The van der Waals surface area contributed by atoms with Crippen LogP contribution >= 0.6 is 11.8 Å². The Bertz CT molecular complexity index is 315. The Balaban J connectivity index is 2.59. The number of benzene rings is 1. The molecule has 1 rings (SSSR count). The van der Waals surface area contributed by atoms with Crippen molar-refractivity contribution in [2.75, 3.05) is 12.0 Å². The van der Waals surface area contributed by atoms with Crippen LogP contribution in [0.3, 0.4) is 0 Å². The standard InChI is InChI=1S/C10H13NO2S/c1-14-7-3-5-9-4-2-6-10(8-9)11(12)13/h2,4,6,8H,3,5,7H2,1H3. The van der Waals surface area contributed by atoms with Gasteiger partial charge in [0.15, 0.2) is 0 Å².